The zero-order chi connectivity index (χ0) is 23.9. The minimum absolute atomic E-state index is 0.157. The summed E-state index contributed by atoms with van der Waals surface area (Å²) in [5, 5.41) is 2.03. The van der Waals surface area contributed by atoms with E-state index in [1.165, 1.54) is 0 Å². The molecule has 1 amide bonds. The number of carbonyl (C=O) groups is 1. The molecular formula is C23H24BrCl3N4O2. The van der Waals surface area contributed by atoms with Crippen molar-refractivity contribution in [2.45, 2.75) is 45.8 Å². The average Bonchev–Trinajstić information content (AvgIpc) is 2.98. The van der Waals surface area contributed by atoms with Crippen LogP contribution in [0.1, 0.15) is 33.6 Å². The van der Waals surface area contributed by atoms with Crippen molar-refractivity contribution in [3.05, 3.63) is 44.2 Å². The molecule has 1 unspecified atom stereocenters. The van der Waals surface area contributed by atoms with Gasteiger partial charge in [0.15, 0.2) is 0 Å². The van der Waals surface area contributed by atoms with Gasteiger partial charge in [0.05, 0.1) is 25.6 Å². The van der Waals surface area contributed by atoms with Crippen LogP contribution in [0.4, 0.5) is 4.79 Å². The smallest absolute Gasteiger partial charge is 0.410 e. The Morgan fingerprint density at radius 2 is 1.94 bits per heavy atom. The molecule has 3 aromatic rings. The summed E-state index contributed by atoms with van der Waals surface area (Å²) in [6, 6.07) is 5.42. The monoisotopic (exact) mass is 572 g/mol. The number of ether oxygens (including phenoxy) is 1. The molecule has 1 aliphatic heterocycles. The highest BCUT2D eigenvalue weighted by Crippen LogP contribution is 2.44. The Kier molecular flexibility index (Phi) is 7.16. The maximum Gasteiger partial charge on any atom is 0.410 e. The van der Waals surface area contributed by atoms with Gasteiger partial charge in [-0.3, -0.25) is 0 Å². The van der Waals surface area contributed by atoms with Crippen molar-refractivity contribution in [1.29, 1.82) is 0 Å². The number of hydrogen-bond donors (Lipinski definition) is 0. The molecule has 1 aromatic carbocycles. The Balaban J connectivity index is 1.74. The molecule has 33 heavy (non-hydrogen) atoms. The summed E-state index contributed by atoms with van der Waals surface area (Å²) in [4.78, 5) is 23.1. The minimum Gasteiger partial charge on any atom is -0.444 e. The summed E-state index contributed by atoms with van der Waals surface area (Å²) < 4.78 is 8.46. The second-order valence-corrected chi connectivity index (χ2v) is 11.1. The number of hydrogen-bond acceptors (Lipinski definition) is 4. The van der Waals surface area contributed by atoms with Gasteiger partial charge in [0.2, 0.25) is 5.28 Å². The predicted octanol–water partition coefficient (Wildman–Crippen LogP) is 7.47. The largest absolute Gasteiger partial charge is 0.444 e. The van der Waals surface area contributed by atoms with Crippen molar-refractivity contribution in [1.82, 2.24) is 19.4 Å². The lowest BCUT2D eigenvalue weighted by atomic mass is 9.98. The van der Waals surface area contributed by atoms with Gasteiger partial charge in [-0.05, 0) is 79.2 Å². The number of fused-ring (bicyclic) bond motifs is 1. The Hall–Kier alpha value is -1.54. The second-order valence-electron chi connectivity index (χ2n) is 9.18. The minimum atomic E-state index is -0.535. The number of carbonyl (C=O) groups excluding carboxylic acids is 1. The molecule has 176 valence electrons. The van der Waals surface area contributed by atoms with Gasteiger partial charge in [0, 0.05) is 31.4 Å². The summed E-state index contributed by atoms with van der Waals surface area (Å²) >= 11 is 23.0. The van der Waals surface area contributed by atoms with Gasteiger partial charge >= 0.3 is 6.09 Å². The van der Waals surface area contributed by atoms with Gasteiger partial charge in [0.25, 0.3) is 0 Å². The van der Waals surface area contributed by atoms with Crippen molar-refractivity contribution in [3.8, 4) is 11.3 Å². The highest BCUT2D eigenvalue weighted by molar-refractivity contribution is 9.10. The van der Waals surface area contributed by atoms with Gasteiger partial charge < -0.3 is 14.2 Å². The summed E-state index contributed by atoms with van der Waals surface area (Å²) in [6.45, 7) is 7.49. The van der Waals surface area contributed by atoms with Crippen LogP contribution in [0.2, 0.25) is 15.3 Å². The molecule has 1 atom stereocenters. The van der Waals surface area contributed by atoms with Crippen LogP contribution >= 0.6 is 50.7 Å². The number of halogens is 4. The summed E-state index contributed by atoms with van der Waals surface area (Å²) in [7, 11) is 0. The van der Waals surface area contributed by atoms with E-state index in [0.717, 1.165) is 28.4 Å². The third kappa shape index (κ3) is 5.26. The zero-order valence-corrected chi connectivity index (χ0v) is 22.4. The van der Waals surface area contributed by atoms with Gasteiger partial charge in [-0.25, -0.2) is 9.78 Å². The standard InChI is InChI=1S/C23H24BrCl3N4O2/c1-23(2,3)33-22(32)30-9-5-6-13(11-30)12-31-19(17-15(25)7-4-8-16(17)26)18(24)14-10-28-21(27)29-20(14)31/h4,7-8,10,13H,5-6,9,11-12H2,1-3H3. The van der Waals surface area contributed by atoms with E-state index in [4.69, 9.17) is 39.5 Å². The van der Waals surface area contributed by atoms with Crippen LogP contribution in [0.5, 0.6) is 0 Å². The summed E-state index contributed by atoms with van der Waals surface area (Å²) in [5.41, 5.74) is 1.67. The topological polar surface area (TPSA) is 60.2 Å². The van der Waals surface area contributed by atoms with Gasteiger partial charge in [-0.15, -0.1) is 0 Å². The van der Waals surface area contributed by atoms with Crippen LogP contribution in [0, 0.1) is 5.92 Å². The third-order valence-electron chi connectivity index (χ3n) is 5.52. The highest BCUT2D eigenvalue weighted by Gasteiger charge is 2.30. The summed E-state index contributed by atoms with van der Waals surface area (Å²) in [6.07, 6.45) is 3.26. The first kappa shape index (κ1) is 24.6. The van der Waals surface area contributed by atoms with Crippen LogP contribution in [-0.4, -0.2) is 44.2 Å². The predicted molar refractivity (Wildman–Crippen MR) is 136 cm³/mol. The van der Waals surface area contributed by atoms with E-state index in [1.54, 1.807) is 23.2 Å². The molecule has 2 aromatic heterocycles. The molecule has 1 aliphatic rings. The van der Waals surface area contributed by atoms with E-state index in [0.29, 0.717) is 40.9 Å². The molecule has 3 heterocycles. The quantitative estimate of drug-likeness (QED) is 0.305. The summed E-state index contributed by atoms with van der Waals surface area (Å²) in [5.74, 6) is 0.183. The molecule has 1 saturated heterocycles. The highest BCUT2D eigenvalue weighted by atomic mass is 79.9. The number of piperidine rings is 1. The number of amides is 1. The Labute approximate surface area is 216 Å². The second kappa shape index (κ2) is 9.61. The molecule has 0 N–H and O–H groups in total. The molecule has 1 fully saturated rings. The van der Waals surface area contributed by atoms with Crippen LogP contribution in [0.3, 0.4) is 0 Å². The molecule has 0 saturated carbocycles. The molecule has 0 radical (unpaired) electrons. The van der Waals surface area contributed by atoms with E-state index >= 15 is 0 Å². The van der Waals surface area contributed by atoms with Gasteiger partial charge in [-0.1, -0.05) is 29.3 Å². The number of rotatable bonds is 3. The maximum absolute atomic E-state index is 12.7. The lowest BCUT2D eigenvalue weighted by molar-refractivity contribution is 0.0158. The lowest BCUT2D eigenvalue weighted by Gasteiger charge is -2.34. The number of nitrogens with zero attached hydrogens (tertiary/aromatic N) is 4. The van der Waals surface area contributed by atoms with Crippen molar-refractivity contribution < 1.29 is 9.53 Å². The van der Waals surface area contributed by atoms with E-state index in [2.05, 4.69) is 30.5 Å². The number of aromatic nitrogens is 3. The van der Waals surface area contributed by atoms with Crippen molar-refractivity contribution in [2.75, 3.05) is 13.1 Å². The molecule has 6 nitrogen and oxygen atoms in total. The Bertz CT molecular complexity index is 1190. The van der Waals surface area contributed by atoms with Crippen LogP contribution < -0.4 is 0 Å². The Morgan fingerprint density at radius 3 is 2.61 bits per heavy atom. The van der Waals surface area contributed by atoms with E-state index in [1.807, 2.05) is 26.8 Å². The molecule has 10 heteroatoms. The molecule has 0 aliphatic carbocycles. The average molecular weight is 575 g/mol. The van der Waals surface area contributed by atoms with Crippen molar-refractivity contribution >= 4 is 67.9 Å². The van der Waals surface area contributed by atoms with Crippen LogP contribution in [0.15, 0.2) is 28.9 Å². The fourth-order valence-corrected chi connectivity index (χ4v) is 5.57. The normalized spacial score (nSPS) is 16.9. The molecule has 4 rings (SSSR count). The first-order valence-corrected chi connectivity index (χ1v) is 12.6. The van der Waals surface area contributed by atoms with Crippen LogP contribution in [-0.2, 0) is 11.3 Å². The first-order chi connectivity index (χ1) is 15.5. The lowest BCUT2D eigenvalue weighted by Crippen LogP contribution is -2.43. The van der Waals surface area contributed by atoms with Crippen LogP contribution in [0.25, 0.3) is 22.3 Å². The van der Waals surface area contributed by atoms with Crippen molar-refractivity contribution in [2.24, 2.45) is 5.92 Å². The molecule has 0 spiro atoms. The van der Waals surface area contributed by atoms with Gasteiger partial charge in [0.1, 0.15) is 11.2 Å². The first-order valence-electron chi connectivity index (χ1n) is 10.7. The SMILES string of the molecule is CC(C)(C)OC(=O)N1CCCC(Cn2c(-c3c(Cl)cccc3Cl)c(Br)c3cnc(Cl)nc32)C1. The maximum atomic E-state index is 12.7. The molecular weight excluding hydrogens is 551 g/mol. The zero-order valence-electron chi connectivity index (χ0n) is 18.5. The van der Waals surface area contributed by atoms with E-state index in [-0.39, 0.29) is 17.3 Å². The fourth-order valence-electron chi connectivity index (χ4n) is 4.18. The number of benzene rings is 1. The fraction of sp³-hybridized carbons (Fsp3) is 0.435. The van der Waals surface area contributed by atoms with E-state index in [9.17, 15) is 4.79 Å². The van der Waals surface area contributed by atoms with Gasteiger partial charge in [-0.2, -0.15) is 4.98 Å². The van der Waals surface area contributed by atoms with E-state index < -0.39 is 5.60 Å². The third-order valence-corrected chi connectivity index (χ3v) is 7.14. The molecule has 0 bridgehead atoms. The van der Waals surface area contributed by atoms with Crippen molar-refractivity contribution in [3.63, 3.8) is 0 Å². The number of likely N-dealkylation sites (tertiary alicyclic amines) is 1. The Morgan fingerprint density at radius 1 is 1.24 bits per heavy atom.